The summed E-state index contributed by atoms with van der Waals surface area (Å²) in [5, 5.41) is 3.41. The lowest BCUT2D eigenvalue weighted by Crippen LogP contribution is -2.62. The first kappa shape index (κ1) is 12.2. The summed E-state index contributed by atoms with van der Waals surface area (Å²) < 4.78 is 5.75. The average Bonchev–Trinajstić information content (AvgIpc) is 2.82. The third-order valence-electron chi connectivity index (χ3n) is 4.05. The summed E-state index contributed by atoms with van der Waals surface area (Å²) >= 11 is 0. The zero-order chi connectivity index (χ0) is 12.4. The Morgan fingerprint density at radius 3 is 2.61 bits per heavy atom. The molecule has 0 spiro atoms. The second kappa shape index (κ2) is 5.43. The van der Waals surface area contributed by atoms with E-state index in [1.165, 1.54) is 26.2 Å². The molecule has 1 aromatic heterocycles. The van der Waals surface area contributed by atoms with Gasteiger partial charge in [0.05, 0.1) is 6.54 Å². The van der Waals surface area contributed by atoms with Crippen LogP contribution in [0, 0.1) is 0 Å². The number of hydrogen-bond donors (Lipinski definition) is 1. The van der Waals surface area contributed by atoms with Crippen LogP contribution in [-0.2, 0) is 13.0 Å². The summed E-state index contributed by atoms with van der Waals surface area (Å²) in [6, 6.07) is 4.99. The maximum atomic E-state index is 5.75. The minimum Gasteiger partial charge on any atom is -0.465 e. The molecule has 18 heavy (non-hydrogen) atoms. The van der Waals surface area contributed by atoms with Gasteiger partial charge in [-0.2, -0.15) is 0 Å². The molecule has 4 nitrogen and oxygen atoms in total. The number of piperazine rings is 1. The molecule has 0 radical (unpaired) electrons. The molecular formula is C14H23N3O. The molecule has 2 fully saturated rings. The molecule has 2 aliphatic heterocycles. The Balaban J connectivity index is 1.44. The van der Waals surface area contributed by atoms with Crippen LogP contribution >= 0.6 is 0 Å². The predicted molar refractivity (Wildman–Crippen MR) is 71.6 cm³/mol. The Bertz CT molecular complexity index is 378. The van der Waals surface area contributed by atoms with Crippen molar-refractivity contribution in [1.29, 1.82) is 0 Å². The van der Waals surface area contributed by atoms with Gasteiger partial charge in [0.15, 0.2) is 0 Å². The third-order valence-corrected chi connectivity index (χ3v) is 4.05. The van der Waals surface area contributed by atoms with Crippen LogP contribution < -0.4 is 5.32 Å². The number of nitrogens with zero attached hydrogens (tertiary/aromatic N) is 2. The maximum Gasteiger partial charge on any atom is 0.118 e. The first-order valence-electron chi connectivity index (χ1n) is 7.10. The van der Waals surface area contributed by atoms with Crippen molar-refractivity contribution < 1.29 is 4.42 Å². The van der Waals surface area contributed by atoms with E-state index in [1.54, 1.807) is 0 Å². The Morgan fingerprint density at radius 1 is 1.22 bits per heavy atom. The van der Waals surface area contributed by atoms with Gasteiger partial charge in [-0.25, -0.2) is 0 Å². The largest absolute Gasteiger partial charge is 0.465 e. The summed E-state index contributed by atoms with van der Waals surface area (Å²) in [7, 11) is 0. The minimum atomic E-state index is 0.771. The minimum absolute atomic E-state index is 0.771. The molecule has 3 heterocycles. The van der Waals surface area contributed by atoms with Gasteiger partial charge in [0.25, 0.3) is 0 Å². The SMILES string of the molecule is CCc1ccc(CN2CC(N3CCNCC3)C2)o1. The second-order valence-corrected chi connectivity index (χ2v) is 5.36. The van der Waals surface area contributed by atoms with E-state index in [0.717, 1.165) is 43.6 Å². The summed E-state index contributed by atoms with van der Waals surface area (Å²) in [6.07, 6.45) is 0.989. The lowest BCUT2D eigenvalue weighted by atomic mass is 10.1. The number of rotatable bonds is 4. The van der Waals surface area contributed by atoms with Crippen molar-refractivity contribution >= 4 is 0 Å². The fourth-order valence-electron chi connectivity index (χ4n) is 2.87. The van der Waals surface area contributed by atoms with E-state index in [9.17, 15) is 0 Å². The van der Waals surface area contributed by atoms with Gasteiger partial charge in [-0.3, -0.25) is 9.80 Å². The molecule has 0 bridgehead atoms. The van der Waals surface area contributed by atoms with Crippen LogP contribution in [-0.4, -0.2) is 55.1 Å². The van der Waals surface area contributed by atoms with Gasteiger partial charge < -0.3 is 9.73 Å². The van der Waals surface area contributed by atoms with E-state index in [-0.39, 0.29) is 0 Å². The topological polar surface area (TPSA) is 31.6 Å². The van der Waals surface area contributed by atoms with Crippen LogP contribution in [0.5, 0.6) is 0 Å². The highest BCUT2D eigenvalue weighted by atomic mass is 16.3. The fourth-order valence-corrected chi connectivity index (χ4v) is 2.87. The highest BCUT2D eigenvalue weighted by Crippen LogP contribution is 2.19. The Morgan fingerprint density at radius 2 is 1.94 bits per heavy atom. The quantitative estimate of drug-likeness (QED) is 0.860. The van der Waals surface area contributed by atoms with Crippen LogP contribution in [0.4, 0.5) is 0 Å². The molecule has 0 aliphatic carbocycles. The van der Waals surface area contributed by atoms with E-state index >= 15 is 0 Å². The lowest BCUT2D eigenvalue weighted by Gasteiger charge is -2.46. The molecule has 0 atom stereocenters. The van der Waals surface area contributed by atoms with E-state index in [1.807, 2.05) is 0 Å². The summed E-state index contributed by atoms with van der Waals surface area (Å²) in [5.41, 5.74) is 0. The van der Waals surface area contributed by atoms with Crippen molar-refractivity contribution in [2.45, 2.75) is 25.9 Å². The van der Waals surface area contributed by atoms with Gasteiger partial charge in [0, 0.05) is 51.7 Å². The highest BCUT2D eigenvalue weighted by Gasteiger charge is 2.32. The molecule has 100 valence electrons. The van der Waals surface area contributed by atoms with Gasteiger partial charge in [-0.05, 0) is 12.1 Å². The van der Waals surface area contributed by atoms with Crippen LogP contribution in [0.15, 0.2) is 16.5 Å². The Labute approximate surface area is 109 Å². The fraction of sp³-hybridized carbons (Fsp3) is 0.714. The van der Waals surface area contributed by atoms with Crippen molar-refractivity contribution in [3.05, 3.63) is 23.7 Å². The number of nitrogens with one attached hydrogen (secondary N) is 1. The molecule has 0 amide bonds. The lowest BCUT2D eigenvalue weighted by molar-refractivity contribution is 0.0184. The molecule has 2 aliphatic rings. The van der Waals surface area contributed by atoms with E-state index in [0.29, 0.717) is 0 Å². The molecule has 0 saturated carbocycles. The van der Waals surface area contributed by atoms with Gasteiger partial charge in [-0.15, -0.1) is 0 Å². The highest BCUT2D eigenvalue weighted by molar-refractivity contribution is 5.08. The standard InChI is InChI=1S/C14H23N3O/c1-2-13-3-4-14(18-13)11-16-9-12(10-16)17-7-5-15-6-8-17/h3-4,12,15H,2,5-11H2,1H3. The molecule has 2 saturated heterocycles. The normalized spacial score (nSPS) is 23.2. The van der Waals surface area contributed by atoms with Crippen molar-refractivity contribution in [3.8, 4) is 0 Å². The van der Waals surface area contributed by atoms with Crippen LogP contribution in [0.1, 0.15) is 18.4 Å². The van der Waals surface area contributed by atoms with Gasteiger partial charge in [-0.1, -0.05) is 6.92 Å². The second-order valence-electron chi connectivity index (χ2n) is 5.36. The molecule has 0 aromatic carbocycles. The van der Waals surface area contributed by atoms with Gasteiger partial charge in [0.2, 0.25) is 0 Å². The van der Waals surface area contributed by atoms with E-state index in [4.69, 9.17) is 4.42 Å². The van der Waals surface area contributed by atoms with Gasteiger partial charge >= 0.3 is 0 Å². The first-order valence-corrected chi connectivity index (χ1v) is 7.10. The summed E-state index contributed by atoms with van der Waals surface area (Å²) in [5.74, 6) is 2.22. The first-order chi connectivity index (χ1) is 8.85. The molecule has 3 rings (SSSR count). The van der Waals surface area contributed by atoms with Crippen molar-refractivity contribution in [2.24, 2.45) is 0 Å². The number of hydrogen-bond acceptors (Lipinski definition) is 4. The average molecular weight is 249 g/mol. The molecule has 0 unspecified atom stereocenters. The van der Waals surface area contributed by atoms with Crippen LogP contribution in [0.2, 0.25) is 0 Å². The van der Waals surface area contributed by atoms with Gasteiger partial charge in [0.1, 0.15) is 11.5 Å². The number of furan rings is 1. The zero-order valence-corrected chi connectivity index (χ0v) is 11.2. The van der Waals surface area contributed by atoms with Crippen LogP contribution in [0.3, 0.4) is 0 Å². The van der Waals surface area contributed by atoms with E-state index < -0.39 is 0 Å². The molecule has 1 N–H and O–H groups in total. The monoisotopic (exact) mass is 249 g/mol. The zero-order valence-electron chi connectivity index (χ0n) is 11.2. The number of likely N-dealkylation sites (tertiary alicyclic amines) is 1. The Kier molecular flexibility index (Phi) is 3.68. The molecule has 1 aromatic rings. The summed E-state index contributed by atoms with van der Waals surface area (Å²) in [6.45, 7) is 10.2. The summed E-state index contributed by atoms with van der Waals surface area (Å²) in [4.78, 5) is 5.09. The van der Waals surface area contributed by atoms with E-state index in [2.05, 4.69) is 34.2 Å². The smallest absolute Gasteiger partial charge is 0.118 e. The Hall–Kier alpha value is -0.840. The van der Waals surface area contributed by atoms with Crippen molar-refractivity contribution in [3.63, 3.8) is 0 Å². The predicted octanol–water partition coefficient (Wildman–Crippen LogP) is 0.931. The number of aryl methyl sites for hydroxylation is 1. The maximum absolute atomic E-state index is 5.75. The molecule has 4 heteroatoms. The third kappa shape index (κ3) is 2.60. The van der Waals surface area contributed by atoms with Crippen molar-refractivity contribution in [2.75, 3.05) is 39.3 Å². The van der Waals surface area contributed by atoms with Crippen molar-refractivity contribution in [1.82, 2.24) is 15.1 Å². The molecular weight excluding hydrogens is 226 g/mol. The van der Waals surface area contributed by atoms with Crippen LogP contribution in [0.25, 0.3) is 0 Å².